The first-order valence-electron chi connectivity index (χ1n) is 6.91. The summed E-state index contributed by atoms with van der Waals surface area (Å²) in [5.41, 5.74) is 0.657. The van der Waals surface area contributed by atoms with Gasteiger partial charge in [-0.2, -0.15) is 8.78 Å². The Labute approximate surface area is 144 Å². The van der Waals surface area contributed by atoms with E-state index >= 15 is 0 Å². The Morgan fingerprint density at radius 3 is 2.79 bits per heavy atom. The number of anilines is 1. The molecule has 0 atom stereocenters. The molecule has 0 spiro atoms. The van der Waals surface area contributed by atoms with Gasteiger partial charge in [0.2, 0.25) is 11.7 Å². The number of carbonyl (C=O) groups is 1. The average molecular weight is 396 g/mol. The summed E-state index contributed by atoms with van der Waals surface area (Å²) in [6.45, 7) is 2.12. The Morgan fingerprint density at radius 2 is 2.12 bits per heavy atom. The van der Waals surface area contributed by atoms with Crippen LogP contribution >= 0.6 is 15.9 Å². The third-order valence-corrected chi connectivity index (χ3v) is 3.86. The number of pyridine rings is 1. The van der Waals surface area contributed by atoms with Gasteiger partial charge in [0.1, 0.15) is 11.6 Å². The van der Waals surface area contributed by atoms with Crippen molar-refractivity contribution in [3.8, 4) is 5.82 Å². The number of nitrogens with one attached hydrogen (secondary N) is 1. The van der Waals surface area contributed by atoms with Crippen LogP contribution in [0.2, 0.25) is 0 Å². The van der Waals surface area contributed by atoms with Gasteiger partial charge in [-0.15, -0.1) is 0 Å². The Morgan fingerprint density at radius 1 is 1.38 bits per heavy atom. The lowest BCUT2D eigenvalue weighted by Crippen LogP contribution is -2.14. The first-order chi connectivity index (χ1) is 11.3. The van der Waals surface area contributed by atoms with Crippen molar-refractivity contribution in [2.75, 3.05) is 5.32 Å². The number of nitrogens with zero attached hydrogens (tertiary/aromatic N) is 4. The number of rotatable bonds is 3. The standard InChI is InChI=1S/C15H12BrF2N5O/c1-8(24)21-12-5-11-9(6-20-12)10(16)7-23(11)13-3-4-19-14(22-13)15(2,17)18/h3-7H,1-2H3,(H,20,21,24). The number of alkyl halides is 2. The molecule has 0 saturated heterocycles. The van der Waals surface area contributed by atoms with Crippen molar-refractivity contribution in [1.29, 1.82) is 0 Å². The van der Waals surface area contributed by atoms with Gasteiger partial charge in [0.25, 0.3) is 0 Å². The maximum absolute atomic E-state index is 13.5. The van der Waals surface area contributed by atoms with Crippen LogP contribution < -0.4 is 5.32 Å². The van der Waals surface area contributed by atoms with Crippen molar-refractivity contribution in [3.05, 3.63) is 41.0 Å². The quantitative estimate of drug-likeness (QED) is 0.734. The molecule has 0 saturated carbocycles. The van der Waals surface area contributed by atoms with E-state index in [1.54, 1.807) is 23.0 Å². The second-order valence-electron chi connectivity index (χ2n) is 5.24. The van der Waals surface area contributed by atoms with Gasteiger partial charge in [-0.05, 0) is 22.0 Å². The van der Waals surface area contributed by atoms with E-state index in [9.17, 15) is 13.6 Å². The van der Waals surface area contributed by atoms with E-state index in [4.69, 9.17) is 0 Å². The highest BCUT2D eigenvalue weighted by atomic mass is 79.9. The molecule has 24 heavy (non-hydrogen) atoms. The van der Waals surface area contributed by atoms with Crippen LogP contribution in [0.5, 0.6) is 0 Å². The molecular formula is C15H12BrF2N5O. The van der Waals surface area contributed by atoms with Crippen LogP contribution in [0.3, 0.4) is 0 Å². The molecule has 0 aliphatic carbocycles. The van der Waals surface area contributed by atoms with E-state index in [0.29, 0.717) is 11.3 Å². The smallest absolute Gasteiger partial charge is 0.303 e. The maximum Gasteiger partial charge on any atom is 0.303 e. The summed E-state index contributed by atoms with van der Waals surface area (Å²) in [5, 5.41) is 3.35. The first-order valence-corrected chi connectivity index (χ1v) is 7.71. The lowest BCUT2D eigenvalue weighted by molar-refractivity contribution is -0.114. The van der Waals surface area contributed by atoms with Gasteiger partial charge in [-0.1, -0.05) is 0 Å². The molecule has 3 heterocycles. The third-order valence-electron chi connectivity index (χ3n) is 3.23. The molecule has 3 aromatic rings. The molecule has 0 aliphatic heterocycles. The number of hydrogen-bond acceptors (Lipinski definition) is 4. The molecule has 3 rings (SSSR count). The van der Waals surface area contributed by atoms with Crippen molar-refractivity contribution in [3.63, 3.8) is 0 Å². The largest absolute Gasteiger partial charge is 0.311 e. The van der Waals surface area contributed by atoms with Crippen molar-refractivity contribution in [2.24, 2.45) is 0 Å². The van der Waals surface area contributed by atoms with Crippen LogP contribution in [-0.2, 0) is 10.7 Å². The van der Waals surface area contributed by atoms with Gasteiger partial charge in [0, 0.05) is 48.4 Å². The first kappa shape index (κ1) is 16.4. The van der Waals surface area contributed by atoms with Crippen molar-refractivity contribution >= 4 is 38.6 Å². The van der Waals surface area contributed by atoms with Gasteiger partial charge in [0.05, 0.1) is 5.52 Å². The highest BCUT2D eigenvalue weighted by Crippen LogP contribution is 2.30. The highest BCUT2D eigenvalue weighted by molar-refractivity contribution is 9.10. The van der Waals surface area contributed by atoms with Gasteiger partial charge >= 0.3 is 5.92 Å². The zero-order chi connectivity index (χ0) is 17.5. The Hall–Kier alpha value is -2.42. The van der Waals surface area contributed by atoms with Crippen molar-refractivity contribution < 1.29 is 13.6 Å². The molecule has 0 bridgehead atoms. The summed E-state index contributed by atoms with van der Waals surface area (Å²) in [7, 11) is 0. The van der Waals surface area contributed by atoms with E-state index in [0.717, 1.165) is 16.8 Å². The second kappa shape index (κ2) is 5.90. The lowest BCUT2D eigenvalue weighted by atomic mass is 10.3. The third kappa shape index (κ3) is 3.12. The van der Waals surface area contributed by atoms with Gasteiger partial charge < -0.3 is 5.32 Å². The van der Waals surface area contributed by atoms with Crippen molar-refractivity contribution in [2.45, 2.75) is 19.8 Å². The van der Waals surface area contributed by atoms with Gasteiger partial charge in [-0.25, -0.2) is 15.0 Å². The summed E-state index contributed by atoms with van der Waals surface area (Å²) in [4.78, 5) is 22.9. The minimum Gasteiger partial charge on any atom is -0.311 e. The lowest BCUT2D eigenvalue weighted by Gasteiger charge is -2.11. The van der Waals surface area contributed by atoms with Crippen LogP contribution in [0.4, 0.5) is 14.6 Å². The summed E-state index contributed by atoms with van der Waals surface area (Å²) >= 11 is 3.41. The zero-order valence-electron chi connectivity index (χ0n) is 12.7. The summed E-state index contributed by atoms with van der Waals surface area (Å²) < 4.78 is 29.3. The molecule has 0 fully saturated rings. The van der Waals surface area contributed by atoms with Crippen LogP contribution in [0.25, 0.3) is 16.7 Å². The average Bonchev–Trinajstić information content (AvgIpc) is 2.83. The van der Waals surface area contributed by atoms with Crippen LogP contribution in [0.1, 0.15) is 19.7 Å². The Bertz CT molecular complexity index is 935. The van der Waals surface area contributed by atoms with E-state index in [2.05, 4.69) is 36.2 Å². The normalized spacial score (nSPS) is 11.7. The fourth-order valence-corrected chi connectivity index (χ4v) is 2.72. The number of amides is 1. The number of aromatic nitrogens is 4. The molecule has 124 valence electrons. The molecule has 6 nitrogen and oxygen atoms in total. The predicted molar refractivity (Wildman–Crippen MR) is 88.2 cm³/mol. The number of halogens is 3. The van der Waals surface area contributed by atoms with Crippen molar-refractivity contribution in [1.82, 2.24) is 19.5 Å². The maximum atomic E-state index is 13.5. The van der Waals surface area contributed by atoms with E-state index in [1.165, 1.54) is 19.2 Å². The topological polar surface area (TPSA) is 72.7 Å². The minimum absolute atomic E-state index is 0.256. The summed E-state index contributed by atoms with van der Waals surface area (Å²) in [6.07, 6.45) is 4.56. The van der Waals surface area contributed by atoms with Crippen LogP contribution in [0.15, 0.2) is 35.2 Å². The highest BCUT2D eigenvalue weighted by Gasteiger charge is 2.28. The molecule has 0 radical (unpaired) electrons. The molecule has 1 amide bonds. The minimum atomic E-state index is -3.14. The van der Waals surface area contributed by atoms with Crippen LogP contribution in [-0.4, -0.2) is 25.4 Å². The fraction of sp³-hybridized carbons (Fsp3) is 0.200. The molecule has 0 aliphatic rings. The second-order valence-corrected chi connectivity index (χ2v) is 6.10. The fourth-order valence-electron chi connectivity index (χ4n) is 2.21. The molecule has 0 unspecified atom stereocenters. The van der Waals surface area contributed by atoms with Gasteiger partial charge in [0.15, 0.2) is 0 Å². The van der Waals surface area contributed by atoms with E-state index in [-0.39, 0.29) is 11.7 Å². The van der Waals surface area contributed by atoms with E-state index in [1.807, 2.05) is 0 Å². The number of hydrogen-bond donors (Lipinski definition) is 1. The Kier molecular flexibility index (Phi) is 4.04. The predicted octanol–water partition coefficient (Wildman–Crippen LogP) is 3.65. The van der Waals surface area contributed by atoms with E-state index < -0.39 is 11.7 Å². The van der Waals surface area contributed by atoms with Crippen LogP contribution in [0, 0.1) is 0 Å². The zero-order valence-corrected chi connectivity index (χ0v) is 14.3. The monoisotopic (exact) mass is 395 g/mol. The number of fused-ring (bicyclic) bond motifs is 1. The Balaban J connectivity index is 2.17. The molecule has 3 aromatic heterocycles. The molecule has 1 N–H and O–H groups in total. The molecule has 9 heteroatoms. The SMILES string of the molecule is CC(=O)Nc1cc2c(cn1)c(Br)cn2-c1ccnc(C(C)(F)F)n1. The number of carbonyl (C=O) groups excluding carboxylic acids is 1. The van der Waals surface area contributed by atoms with Gasteiger partial charge in [-0.3, -0.25) is 9.36 Å². The summed E-state index contributed by atoms with van der Waals surface area (Å²) in [6, 6.07) is 3.17. The molecule has 0 aromatic carbocycles. The summed E-state index contributed by atoms with van der Waals surface area (Å²) in [5.74, 6) is -3.31. The molecular weight excluding hydrogens is 384 g/mol.